The molecule has 0 aliphatic rings. The SMILES string of the molecule is OB(O)OB(O)O.[H-].[H-].[Na+].[Na+]. The third-order valence-corrected chi connectivity index (χ3v) is 0.243. The van der Waals surface area contributed by atoms with Gasteiger partial charge in [-0.1, -0.05) is 0 Å². The maximum absolute atomic E-state index is 7.74. The van der Waals surface area contributed by atoms with Gasteiger partial charge >= 0.3 is 73.8 Å². The summed E-state index contributed by atoms with van der Waals surface area (Å²) in [5.74, 6) is 0. The molecular formula is H6B2Na2O5. The summed E-state index contributed by atoms with van der Waals surface area (Å²) in [5.41, 5.74) is 0. The van der Waals surface area contributed by atoms with Gasteiger partial charge in [-0.05, 0) is 0 Å². The Bertz CT molecular complexity index is 49.7. The van der Waals surface area contributed by atoms with E-state index in [1.165, 1.54) is 0 Å². The molecule has 0 spiro atoms. The summed E-state index contributed by atoms with van der Waals surface area (Å²) >= 11 is 0. The molecule has 0 fully saturated rings. The van der Waals surface area contributed by atoms with Gasteiger partial charge in [0.2, 0.25) is 0 Å². The molecule has 0 saturated carbocycles. The zero-order valence-electron chi connectivity index (χ0n) is 7.35. The molecule has 0 bridgehead atoms. The van der Waals surface area contributed by atoms with Gasteiger partial charge in [-0.3, -0.25) is 0 Å². The van der Waals surface area contributed by atoms with Crippen molar-refractivity contribution in [3.05, 3.63) is 0 Å². The second-order valence-electron chi connectivity index (χ2n) is 0.789. The van der Waals surface area contributed by atoms with Crippen molar-refractivity contribution < 1.29 is 86.6 Å². The van der Waals surface area contributed by atoms with Crippen LogP contribution in [0.3, 0.4) is 0 Å². The molecule has 0 unspecified atom stereocenters. The van der Waals surface area contributed by atoms with Crippen molar-refractivity contribution in [1.82, 2.24) is 0 Å². The Morgan fingerprint density at radius 1 is 0.889 bits per heavy atom. The van der Waals surface area contributed by atoms with E-state index >= 15 is 0 Å². The van der Waals surface area contributed by atoms with E-state index in [9.17, 15) is 0 Å². The molecule has 0 rings (SSSR count). The Hall–Kier alpha value is 1.93. The molecule has 4 N–H and O–H groups in total. The van der Waals surface area contributed by atoms with E-state index in [0.29, 0.717) is 0 Å². The standard InChI is InChI=1S/B2H4O5.2Na.2H/c3-1(4)7-2(5)6;;;;/h3-6H;;;;/q;2*+1;2*-1. The van der Waals surface area contributed by atoms with Crippen molar-refractivity contribution in [2.24, 2.45) is 0 Å². The molecule has 0 aliphatic heterocycles. The maximum Gasteiger partial charge on any atom is 1.00 e. The van der Waals surface area contributed by atoms with E-state index in [1.54, 1.807) is 0 Å². The summed E-state index contributed by atoms with van der Waals surface area (Å²) < 4.78 is 3.47. The zero-order chi connectivity index (χ0) is 5.86. The molecule has 5 nitrogen and oxygen atoms in total. The monoisotopic (exact) mass is 154 g/mol. The largest absolute Gasteiger partial charge is 1.00 e. The first-order valence-electron chi connectivity index (χ1n) is 1.50. The first-order valence-corrected chi connectivity index (χ1v) is 1.50. The minimum atomic E-state index is -2.13. The van der Waals surface area contributed by atoms with Gasteiger partial charge in [-0.15, -0.1) is 0 Å². The van der Waals surface area contributed by atoms with E-state index in [4.69, 9.17) is 20.1 Å². The van der Waals surface area contributed by atoms with Crippen molar-refractivity contribution in [3.8, 4) is 0 Å². The summed E-state index contributed by atoms with van der Waals surface area (Å²) in [6.07, 6.45) is 0. The van der Waals surface area contributed by atoms with Crippen LogP contribution in [0.15, 0.2) is 0 Å². The van der Waals surface area contributed by atoms with Crippen LogP contribution in [0.5, 0.6) is 0 Å². The summed E-state index contributed by atoms with van der Waals surface area (Å²) in [4.78, 5) is 0. The molecule has 9 heavy (non-hydrogen) atoms. The van der Waals surface area contributed by atoms with Crippen LogP contribution in [-0.4, -0.2) is 34.7 Å². The molecule has 0 aromatic heterocycles. The number of rotatable bonds is 2. The molecule has 9 heteroatoms. The van der Waals surface area contributed by atoms with Crippen LogP contribution in [0, 0.1) is 0 Å². The van der Waals surface area contributed by atoms with Crippen LogP contribution in [0.1, 0.15) is 2.85 Å². The Morgan fingerprint density at radius 2 is 1.11 bits per heavy atom. The normalized spacial score (nSPS) is 6.67. The number of hydrogen-bond donors (Lipinski definition) is 4. The molecule has 0 aromatic rings. The second-order valence-corrected chi connectivity index (χ2v) is 0.789. The van der Waals surface area contributed by atoms with Gasteiger partial charge in [0.1, 0.15) is 0 Å². The van der Waals surface area contributed by atoms with Gasteiger partial charge in [0.25, 0.3) is 0 Å². The molecule has 0 heterocycles. The quantitative estimate of drug-likeness (QED) is 0.296. The van der Waals surface area contributed by atoms with Crippen molar-refractivity contribution in [3.63, 3.8) is 0 Å². The second kappa shape index (κ2) is 9.93. The minimum Gasteiger partial charge on any atom is -1.00 e. The third kappa shape index (κ3) is 17.8. The summed E-state index contributed by atoms with van der Waals surface area (Å²) in [7, 11) is -4.25. The van der Waals surface area contributed by atoms with Crippen molar-refractivity contribution >= 4 is 14.6 Å². The van der Waals surface area contributed by atoms with Gasteiger partial charge in [-0.2, -0.15) is 0 Å². The predicted molar refractivity (Wildman–Crippen MR) is 23.7 cm³/mol. The maximum atomic E-state index is 7.74. The van der Waals surface area contributed by atoms with Crippen LogP contribution < -0.4 is 59.1 Å². The van der Waals surface area contributed by atoms with Crippen LogP contribution in [0.2, 0.25) is 0 Å². The van der Waals surface area contributed by atoms with Crippen molar-refractivity contribution in [1.29, 1.82) is 0 Å². The van der Waals surface area contributed by atoms with Crippen molar-refractivity contribution in [2.45, 2.75) is 0 Å². The summed E-state index contributed by atoms with van der Waals surface area (Å²) in [6.45, 7) is 0. The van der Waals surface area contributed by atoms with Crippen LogP contribution in [-0.2, 0) is 4.57 Å². The first-order chi connectivity index (χ1) is 3.13. The molecule has 0 aromatic carbocycles. The van der Waals surface area contributed by atoms with E-state index in [2.05, 4.69) is 4.57 Å². The van der Waals surface area contributed by atoms with Crippen LogP contribution in [0.25, 0.3) is 0 Å². The van der Waals surface area contributed by atoms with E-state index in [1.807, 2.05) is 0 Å². The third-order valence-electron chi connectivity index (χ3n) is 0.243. The van der Waals surface area contributed by atoms with E-state index in [-0.39, 0.29) is 62.0 Å². The topological polar surface area (TPSA) is 90.2 Å². The molecule has 44 valence electrons. The van der Waals surface area contributed by atoms with Crippen LogP contribution >= 0.6 is 0 Å². The first kappa shape index (κ1) is 17.1. The molecule has 0 atom stereocenters. The van der Waals surface area contributed by atoms with Crippen LogP contribution in [0.4, 0.5) is 0 Å². The molecular weight excluding hydrogens is 148 g/mol. The van der Waals surface area contributed by atoms with Gasteiger partial charge in [0.15, 0.2) is 0 Å². The van der Waals surface area contributed by atoms with Gasteiger partial charge in [0, 0.05) is 0 Å². The predicted octanol–water partition coefficient (Wildman–Crippen LogP) is -8.82. The fourth-order valence-corrected chi connectivity index (χ4v) is 0.109. The summed E-state index contributed by atoms with van der Waals surface area (Å²) in [5, 5.41) is 30.9. The fraction of sp³-hybridized carbons (Fsp3) is 0. The Balaban J connectivity index is -0.0000000300. The fourth-order valence-electron chi connectivity index (χ4n) is 0.109. The average molecular weight is 154 g/mol. The smallest absolute Gasteiger partial charge is 1.00 e. The molecule has 0 amide bonds. The van der Waals surface area contributed by atoms with Gasteiger partial charge < -0.3 is 27.5 Å². The Kier molecular flexibility index (Phi) is 18.9. The Labute approximate surface area is 100 Å². The summed E-state index contributed by atoms with van der Waals surface area (Å²) in [6, 6.07) is 0. The van der Waals surface area contributed by atoms with Gasteiger partial charge in [0.05, 0.1) is 0 Å². The average Bonchev–Trinajstić information content (AvgIpc) is 1.27. The molecule has 0 saturated heterocycles. The number of hydrogen-bond acceptors (Lipinski definition) is 5. The zero-order valence-corrected chi connectivity index (χ0v) is 9.35. The minimum absolute atomic E-state index is 0. The molecule has 0 aliphatic carbocycles. The van der Waals surface area contributed by atoms with Crippen molar-refractivity contribution in [2.75, 3.05) is 0 Å². The van der Waals surface area contributed by atoms with E-state index in [0.717, 1.165) is 0 Å². The van der Waals surface area contributed by atoms with Gasteiger partial charge in [-0.25, -0.2) is 0 Å². The van der Waals surface area contributed by atoms with E-state index < -0.39 is 14.6 Å². The Morgan fingerprint density at radius 3 is 1.11 bits per heavy atom. The molecule has 0 radical (unpaired) electrons.